The average Bonchev–Trinajstić information content (AvgIpc) is 2.99. The Morgan fingerprint density at radius 3 is 2.45 bits per heavy atom. The highest BCUT2D eigenvalue weighted by atomic mass is 16.5. The van der Waals surface area contributed by atoms with E-state index in [0.717, 1.165) is 54.1 Å². The normalized spacial score (nSPS) is 14.2. The Labute approximate surface area is 194 Å². The molecule has 33 heavy (non-hydrogen) atoms. The van der Waals surface area contributed by atoms with Gasteiger partial charge >= 0.3 is 0 Å². The molecule has 0 saturated carbocycles. The number of ether oxygens (including phenoxy) is 1. The summed E-state index contributed by atoms with van der Waals surface area (Å²) in [6.07, 6.45) is 5.41. The van der Waals surface area contributed by atoms with Crippen LogP contribution in [0.1, 0.15) is 37.1 Å². The van der Waals surface area contributed by atoms with Crippen molar-refractivity contribution < 1.29 is 14.3 Å². The molecule has 1 aromatic heterocycles. The van der Waals surface area contributed by atoms with Gasteiger partial charge in [0.25, 0.3) is 0 Å². The Balaban J connectivity index is 1.39. The lowest BCUT2D eigenvalue weighted by atomic mass is 10.1. The first kappa shape index (κ1) is 22.8. The lowest BCUT2D eigenvalue weighted by Gasteiger charge is -2.21. The molecule has 1 saturated heterocycles. The van der Waals surface area contributed by atoms with E-state index in [0.29, 0.717) is 19.4 Å². The SMILES string of the molecule is COc1ccc(CC(=O)NCCc2nc3ccccc3n2CC(=O)N2CCCCCC2)cc1. The highest BCUT2D eigenvalue weighted by molar-refractivity contribution is 5.81. The molecule has 2 aromatic carbocycles. The number of hydrogen-bond acceptors (Lipinski definition) is 4. The van der Waals surface area contributed by atoms with Crippen LogP contribution in [0.2, 0.25) is 0 Å². The molecule has 0 radical (unpaired) electrons. The summed E-state index contributed by atoms with van der Waals surface area (Å²) in [4.78, 5) is 32.2. The van der Waals surface area contributed by atoms with Crippen molar-refractivity contribution in [2.45, 2.75) is 45.1 Å². The van der Waals surface area contributed by atoms with Gasteiger partial charge in [0.15, 0.2) is 0 Å². The first-order valence-electron chi connectivity index (χ1n) is 11.8. The summed E-state index contributed by atoms with van der Waals surface area (Å²) in [5.41, 5.74) is 2.77. The minimum atomic E-state index is -0.0385. The molecule has 1 fully saturated rings. The molecule has 1 aliphatic rings. The lowest BCUT2D eigenvalue weighted by Crippen LogP contribution is -2.35. The highest BCUT2D eigenvalue weighted by Gasteiger charge is 2.19. The van der Waals surface area contributed by atoms with Crippen LogP contribution in [0.25, 0.3) is 11.0 Å². The van der Waals surface area contributed by atoms with Crippen LogP contribution >= 0.6 is 0 Å². The first-order valence-corrected chi connectivity index (χ1v) is 11.8. The van der Waals surface area contributed by atoms with Crippen LogP contribution < -0.4 is 10.1 Å². The minimum absolute atomic E-state index is 0.0385. The molecule has 1 N–H and O–H groups in total. The molecule has 7 heteroatoms. The van der Waals surface area contributed by atoms with Crippen LogP contribution in [0, 0.1) is 0 Å². The van der Waals surface area contributed by atoms with E-state index in [1.54, 1.807) is 7.11 Å². The fourth-order valence-electron chi connectivity index (χ4n) is 4.35. The third-order valence-corrected chi connectivity index (χ3v) is 6.18. The van der Waals surface area contributed by atoms with Crippen molar-refractivity contribution in [3.63, 3.8) is 0 Å². The fraction of sp³-hybridized carbons (Fsp3) is 0.423. The number of para-hydroxylation sites is 2. The Hall–Kier alpha value is -3.35. The Morgan fingerprint density at radius 1 is 1.00 bits per heavy atom. The second-order valence-corrected chi connectivity index (χ2v) is 8.52. The predicted octanol–water partition coefficient (Wildman–Crippen LogP) is 3.35. The quantitative estimate of drug-likeness (QED) is 0.573. The van der Waals surface area contributed by atoms with E-state index >= 15 is 0 Å². The van der Waals surface area contributed by atoms with Crippen LogP contribution in [-0.2, 0) is 29.0 Å². The van der Waals surface area contributed by atoms with E-state index in [1.807, 2.05) is 58.0 Å². The summed E-state index contributed by atoms with van der Waals surface area (Å²) in [6, 6.07) is 15.4. The molecule has 2 heterocycles. The van der Waals surface area contributed by atoms with Gasteiger partial charge in [-0.2, -0.15) is 0 Å². The van der Waals surface area contributed by atoms with Crippen molar-refractivity contribution in [2.75, 3.05) is 26.7 Å². The van der Waals surface area contributed by atoms with Gasteiger partial charge in [-0.05, 0) is 42.7 Å². The summed E-state index contributed by atoms with van der Waals surface area (Å²) in [6.45, 7) is 2.43. The van der Waals surface area contributed by atoms with E-state index in [2.05, 4.69) is 5.32 Å². The van der Waals surface area contributed by atoms with E-state index in [1.165, 1.54) is 12.8 Å². The van der Waals surface area contributed by atoms with E-state index in [-0.39, 0.29) is 18.4 Å². The predicted molar refractivity (Wildman–Crippen MR) is 128 cm³/mol. The third-order valence-electron chi connectivity index (χ3n) is 6.18. The summed E-state index contributed by atoms with van der Waals surface area (Å²) >= 11 is 0. The number of benzene rings is 2. The van der Waals surface area contributed by atoms with Gasteiger partial charge in [-0.15, -0.1) is 0 Å². The highest BCUT2D eigenvalue weighted by Crippen LogP contribution is 2.18. The largest absolute Gasteiger partial charge is 0.497 e. The zero-order valence-electron chi connectivity index (χ0n) is 19.3. The number of nitrogens with zero attached hydrogens (tertiary/aromatic N) is 3. The zero-order valence-corrected chi connectivity index (χ0v) is 19.3. The number of aromatic nitrogens is 2. The van der Waals surface area contributed by atoms with Crippen molar-refractivity contribution in [2.24, 2.45) is 0 Å². The Bertz CT molecular complexity index is 1080. The maximum atomic E-state index is 13.0. The number of imidazole rings is 1. The minimum Gasteiger partial charge on any atom is -0.497 e. The molecule has 0 bridgehead atoms. The van der Waals surface area contributed by atoms with Gasteiger partial charge in [-0.25, -0.2) is 4.98 Å². The third kappa shape index (κ3) is 5.92. The van der Waals surface area contributed by atoms with E-state index in [9.17, 15) is 9.59 Å². The van der Waals surface area contributed by atoms with Crippen LogP contribution in [0.5, 0.6) is 5.75 Å². The number of rotatable bonds is 8. The van der Waals surface area contributed by atoms with Gasteiger partial charge in [0.05, 0.1) is 24.6 Å². The standard InChI is InChI=1S/C26H32N4O3/c1-33-21-12-10-20(11-13-21)18-25(31)27-15-14-24-28-22-8-4-5-9-23(22)30(24)19-26(32)29-16-6-2-3-7-17-29/h4-5,8-13H,2-3,6-7,14-19H2,1H3,(H,27,31). The number of methoxy groups -OCH3 is 1. The Kier molecular flexibility index (Phi) is 7.60. The maximum Gasteiger partial charge on any atom is 0.242 e. The number of carbonyl (C=O) groups is 2. The van der Waals surface area contributed by atoms with Gasteiger partial charge in [0.2, 0.25) is 11.8 Å². The fourth-order valence-corrected chi connectivity index (χ4v) is 4.35. The number of nitrogens with one attached hydrogen (secondary N) is 1. The molecule has 0 atom stereocenters. The summed E-state index contributed by atoms with van der Waals surface area (Å²) in [5, 5.41) is 2.99. The molecular weight excluding hydrogens is 416 g/mol. The second-order valence-electron chi connectivity index (χ2n) is 8.52. The molecule has 1 aliphatic heterocycles. The number of likely N-dealkylation sites (tertiary alicyclic amines) is 1. The molecule has 174 valence electrons. The van der Waals surface area contributed by atoms with Crippen LogP contribution in [0.15, 0.2) is 48.5 Å². The Morgan fingerprint density at radius 2 is 1.73 bits per heavy atom. The molecule has 4 rings (SSSR count). The average molecular weight is 449 g/mol. The van der Waals surface area contributed by atoms with Crippen LogP contribution in [-0.4, -0.2) is 53.0 Å². The molecule has 2 amide bonds. The maximum absolute atomic E-state index is 13.0. The van der Waals surface area contributed by atoms with Gasteiger partial charge in [-0.1, -0.05) is 37.1 Å². The number of amides is 2. The lowest BCUT2D eigenvalue weighted by molar-refractivity contribution is -0.131. The summed E-state index contributed by atoms with van der Waals surface area (Å²) in [7, 11) is 1.62. The topological polar surface area (TPSA) is 76.5 Å². The van der Waals surface area contributed by atoms with Crippen molar-refractivity contribution >= 4 is 22.8 Å². The molecule has 0 aliphatic carbocycles. The van der Waals surface area contributed by atoms with Crippen molar-refractivity contribution in [3.8, 4) is 5.75 Å². The number of fused-ring (bicyclic) bond motifs is 1. The molecule has 0 unspecified atom stereocenters. The van der Waals surface area contributed by atoms with Crippen LogP contribution in [0.3, 0.4) is 0 Å². The molecular formula is C26H32N4O3. The van der Waals surface area contributed by atoms with Crippen molar-refractivity contribution in [3.05, 3.63) is 59.9 Å². The molecule has 0 spiro atoms. The summed E-state index contributed by atoms with van der Waals surface area (Å²) < 4.78 is 7.17. The van der Waals surface area contributed by atoms with Gasteiger partial charge in [0.1, 0.15) is 18.1 Å². The number of hydrogen-bond donors (Lipinski definition) is 1. The van der Waals surface area contributed by atoms with E-state index in [4.69, 9.17) is 9.72 Å². The van der Waals surface area contributed by atoms with Crippen molar-refractivity contribution in [1.29, 1.82) is 0 Å². The zero-order chi connectivity index (χ0) is 23.0. The smallest absolute Gasteiger partial charge is 0.242 e. The summed E-state index contributed by atoms with van der Waals surface area (Å²) in [5.74, 6) is 1.70. The van der Waals surface area contributed by atoms with Crippen LogP contribution in [0.4, 0.5) is 0 Å². The first-order chi connectivity index (χ1) is 16.1. The molecule has 7 nitrogen and oxygen atoms in total. The van der Waals surface area contributed by atoms with Gasteiger partial charge < -0.3 is 19.5 Å². The van der Waals surface area contributed by atoms with E-state index < -0.39 is 0 Å². The van der Waals surface area contributed by atoms with Gasteiger partial charge in [0, 0.05) is 26.1 Å². The number of carbonyl (C=O) groups excluding carboxylic acids is 2. The molecule has 3 aromatic rings. The van der Waals surface area contributed by atoms with Gasteiger partial charge in [-0.3, -0.25) is 9.59 Å². The second kappa shape index (κ2) is 11.0. The van der Waals surface area contributed by atoms with Crippen molar-refractivity contribution in [1.82, 2.24) is 19.8 Å². The monoisotopic (exact) mass is 448 g/mol.